The van der Waals surface area contributed by atoms with Gasteiger partial charge in [0, 0.05) is 30.6 Å². The Bertz CT molecular complexity index is 798. The Labute approximate surface area is 155 Å². The van der Waals surface area contributed by atoms with Crippen LogP contribution in [-0.2, 0) is 0 Å². The first-order chi connectivity index (χ1) is 12.5. The molecule has 1 atom stereocenters. The molecule has 4 rings (SSSR count). The number of aromatic hydroxyl groups is 1. The van der Waals surface area contributed by atoms with E-state index in [9.17, 15) is 9.90 Å². The molecular weight excluding hydrogens is 324 g/mol. The van der Waals surface area contributed by atoms with E-state index in [0.717, 1.165) is 49.3 Å². The molecule has 26 heavy (non-hydrogen) atoms. The van der Waals surface area contributed by atoms with Crippen molar-refractivity contribution in [2.75, 3.05) is 33.2 Å². The molecular formula is C22H26N2O2. The van der Waals surface area contributed by atoms with Crippen LogP contribution in [0.3, 0.4) is 0 Å². The molecule has 0 bridgehead atoms. The van der Waals surface area contributed by atoms with Crippen molar-refractivity contribution in [1.82, 2.24) is 9.80 Å². The first-order valence-electron chi connectivity index (χ1n) is 9.42. The van der Waals surface area contributed by atoms with Crippen molar-refractivity contribution in [2.45, 2.75) is 19.3 Å². The minimum atomic E-state index is 0.138. The van der Waals surface area contributed by atoms with Crippen LogP contribution in [0.5, 0.6) is 5.75 Å². The smallest absolute Gasteiger partial charge is 0.253 e. The number of carbonyl (C=O) groups is 1. The molecule has 0 aliphatic carbocycles. The number of phenolic OH excluding ortho intramolecular Hbond substituents is 1. The Morgan fingerprint density at radius 2 is 1.81 bits per heavy atom. The minimum absolute atomic E-state index is 0.138. The number of benzene rings is 2. The summed E-state index contributed by atoms with van der Waals surface area (Å²) >= 11 is 0. The number of nitrogens with zero attached hydrogens (tertiary/aromatic N) is 2. The molecule has 0 unspecified atom stereocenters. The van der Waals surface area contributed by atoms with Crippen LogP contribution in [0.2, 0.25) is 0 Å². The molecule has 2 aromatic rings. The van der Waals surface area contributed by atoms with Crippen molar-refractivity contribution >= 4 is 5.91 Å². The fourth-order valence-electron chi connectivity index (χ4n) is 4.54. The van der Waals surface area contributed by atoms with Crippen molar-refractivity contribution in [3.63, 3.8) is 0 Å². The van der Waals surface area contributed by atoms with Crippen LogP contribution in [-0.4, -0.2) is 54.0 Å². The highest BCUT2D eigenvalue weighted by atomic mass is 16.3. The van der Waals surface area contributed by atoms with Gasteiger partial charge in [-0.05, 0) is 68.2 Å². The minimum Gasteiger partial charge on any atom is -0.508 e. The SMILES string of the molecule is CN1CC[C@]2(CCCN(C(=O)c3cccc(-c4ccc(O)cc4)c3)C2)C1. The van der Waals surface area contributed by atoms with Crippen LogP contribution in [0.1, 0.15) is 29.6 Å². The summed E-state index contributed by atoms with van der Waals surface area (Å²) in [5.41, 5.74) is 3.05. The van der Waals surface area contributed by atoms with Gasteiger partial charge in [-0.15, -0.1) is 0 Å². The normalized spacial score (nSPS) is 23.5. The highest BCUT2D eigenvalue weighted by Gasteiger charge is 2.41. The number of hydrogen-bond acceptors (Lipinski definition) is 3. The number of hydrogen-bond donors (Lipinski definition) is 1. The maximum atomic E-state index is 13.1. The second-order valence-corrected chi connectivity index (χ2v) is 7.95. The molecule has 2 saturated heterocycles. The van der Waals surface area contributed by atoms with Gasteiger partial charge in [-0.3, -0.25) is 4.79 Å². The third kappa shape index (κ3) is 3.34. The summed E-state index contributed by atoms with van der Waals surface area (Å²) < 4.78 is 0. The summed E-state index contributed by atoms with van der Waals surface area (Å²) in [7, 11) is 2.18. The average Bonchev–Trinajstić information content (AvgIpc) is 3.01. The topological polar surface area (TPSA) is 43.8 Å². The number of likely N-dealkylation sites (tertiary alicyclic amines) is 2. The van der Waals surface area contributed by atoms with E-state index in [1.54, 1.807) is 12.1 Å². The lowest BCUT2D eigenvalue weighted by Gasteiger charge is -2.40. The fourth-order valence-corrected chi connectivity index (χ4v) is 4.54. The summed E-state index contributed by atoms with van der Waals surface area (Å²) in [5, 5.41) is 9.47. The predicted molar refractivity (Wildman–Crippen MR) is 103 cm³/mol. The lowest BCUT2D eigenvalue weighted by molar-refractivity contribution is 0.0534. The maximum Gasteiger partial charge on any atom is 0.253 e. The van der Waals surface area contributed by atoms with Crippen LogP contribution in [0.15, 0.2) is 48.5 Å². The largest absolute Gasteiger partial charge is 0.508 e. The maximum absolute atomic E-state index is 13.1. The highest BCUT2D eigenvalue weighted by Crippen LogP contribution is 2.38. The Morgan fingerprint density at radius 1 is 1.00 bits per heavy atom. The van der Waals surface area contributed by atoms with Gasteiger partial charge >= 0.3 is 0 Å². The zero-order chi connectivity index (χ0) is 18.1. The number of phenols is 1. The fraction of sp³-hybridized carbons (Fsp3) is 0.409. The van der Waals surface area contributed by atoms with Crippen molar-refractivity contribution in [3.8, 4) is 16.9 Å². The van der Waals surface area contributed by atoms with E-state index in [1.165, 1.54) is 12.8 Å². The Morgan fingerprint density at radius 3 is 2.54 bits per heavy atom. The molecule has 1 amide bonds. The van der Waals surface area contributed by atoms with Gasteiger partial charge in [-0.1, -0.05) is 24.3 Å². The van der Waals surface area contributed by atoms with Gasteiger partial charge in [0.05, 0.1) is 0 Å². The number of carbonyl (C=O) groups excluding carboxylic acids is 1. The second kappa shape index (κ2) is 6.76. The van der Waals surface area contributed by atoms with Crippen molar-refractivity contribution in [2.24, 2.45) is 5.41 Å². The summed E-state index contributed by atoms with van der Waals surface area (Å²) in [6.45, 7) is 3.97. The van der Waals surface area contributed by atoms with Crippen LogP contribution < -0.4 is 0 Å². The molecule has 2 aromatic carbocycles. The summed E-state index contributed by atoms with van der Waals surface area (Å²) in [4.78, 5) is 17.6. The monoisotopic (exact) mass is 350 g/mol. The van der Waals surface area contributed by atoms with Crippen molar-refractivity contribution in [1.29, 1.82) is 0 Å². The zero-order valence-electron chi connectivity index (χ0n) is 15.3. The van der Waals surface area contributed by atoms with Gasteiger partial charge in [0.25, 0.3) is 5.91 Å². The number of piperidine rings is 1. The van der Waals surface area contributed by atoms with E-state index in [1.807, 2.05) is 36.4 Å². The predicted octanol–water partition coefficient (Wildman–Crippen LogP) is 3.62. The molecule has 4 heteroatoms. The van der Waals surface area contributed by atoms with Crippen LogP contribution in [0.25, 0.3) is 11.1 Å². The Balaban J connectivity index is 1.54. The number of rotatable bonds is 2. The summed E-state index contributed by atoms with van der Waals surface area (Å²) in [6.07, 6.45) is 3.52. The molecule has 2 heterocycles. The van der Waals surface area contributed by atoms with E-state index in [-0.39, 0.29) is 17.1 Å². The van der Waals surface area contributed by atoms with Gasteiger partial charge < -0.3 is 14.9 Å². The average molecular weight is 350 g/mol. The summed E-state index contributed by atoms with van der Waals surface area (Å²) in [6, 6.07) is 14.9. The quantitative estimate of drug-likeness (QED) is 0.900. The molecule has 0 radical (unpaired) electrons. The van der Waals surface area contributed by atoms with Gasteiger partial charge in [0.2, 0.25) is 0 Å². The second-order valence-electron chi connectivity index (χ2n) is 7.95. The molecule has 2 fully saturated rings. The van der Waals surface area contributed by atoms with Crippen molar-refractivity contribution < 1.29 is 9.90 Å². The molecule has 0 saturated carbocycles. The first kappa shape index (κ1) is 17.1. The van der Waals surface area contributed by atoms with Gasteiger partial charge in [-0.2, -0.15) is 0 Å². The van der Waals surface area contributed by atoms with Crippen LogP contribution >= 0.6 is 0 Å². The van der Waals surface area contributed by atoms with Crippen molar-refractivity contribution in [3.05, 3.63) is 54.1 Å². The highest BCUT2D eigenvalue weighted by molar-refractivity contribution is 5.95. The molecule has 0 aromatic heterocycles. The molecule has 136 valence electrons. The standard InChI is InChI=1S/C22H26N2O2/c1-23-13-11-22(15-23)10-3-12-24(16-22)21(26)19-5-2-4-18(14-19)17-6-8-20(25)9-7-17/h2,4-9,14,25H,3,10-13,15-16H2,1H3/t22-/m1/s1. The van der Waals surface area contributed by atoms with E-state index in [0.29, 0.717) is 0 Å². The Hall–Kier alpha value is -2.33. The van der Waals surface area contributed by atoms with Gasteiger partial charge in [0.15, 0.2) is 0 Å². The van der Waals surface area contributed by atoms with E-state index in [2.05, 4.69) is 16.8 Å². The van der Waals surface area contributed by atoms with E-state index < -0.39 is 0 Å². The van der Waals surface area contributed by atoms with Gasteiger partial charge in [-0.25, -0.2) is 0 Å². The van der Waals surface area contributed by atoms with E-state index in [4.69, 9.17) is 0 Å². The first-order valence-corrected chi connectivity index (χ1v) is 9.42. The van der Waals surface area contributed by atoms with Crippen LogP contribution in [0.4, 0.5) is 0 Å². The third-order valence-electron chi connectivity index (χ3n) is 5.89. The molecule has 2 aliphatic heterocycles. The molecule has 1 N–H and O–H groups in total. The van der Waals surface area contributed by atoms with Gasteiger partial charge in [0.1, 0.15) is 5.75 Å². The molecule has 2 aliphatic rings. The molecule has 1 spiro atoms. The zero-order valence-corrected chi connectivity index (χ0v) is 15.3. The summed E-state index contributed by atoms with van der Waals surface area (Å²) in [5.74, 6) is 0.389. The molecule has 4 nitrogen and oxygen atoms in total. The number of amides is 1. The lowest BCUT2D eigenvalue weighted by Crippen LogP contribution is -2.47. The lowest BCUT2D eigenvalue weighted by atomic mass is 9.79. The Kier molecular flexibility index (Phi) is 4.45. The third-order valence-corrected chi connectivity index (χ3v) is 5.89. The van der Waals surface area contributed by atoms with Crippen LogP contribution in [0, 0.1) is 5.41 Å². The van der Waals surface area contributed by atoms with E-state index >= 15 is 0 Å².